The molecule has 32 heavy (non-hydrogen) atoms. The van der Waals surface area contributed by atoms with Crippen LogP contribution in [0.3, 0.4) is 0 Å². The van der Waals surface area contributed by atoms with Crippen molar-refractivity contribution in [2.45, 2.75) is 25.7 Å². The number of nitrogens with one attached hydrogen (secondary N) is 1. The van der Waals surface area contributed by atoms with Crippen LogP contribution in [0.25, 0.3) is 10.8 Å². The number of aryl methyl sites for hydroxylation is 1. The zero-order chi connectivity index (χ0) is 22.5. The maximum absolute atomic E-state index is 13.1. The quantitative estimate of drug-likeness (QED) is 0.522. The zero-order valence-corrected chi connectivity index (χ0v) is 18.8. The predicted octanol–water partition coefficient (Wildman–Crippen LogP) is 3.79. The first-order valence-electron chi connectivity index (χ1n) is 11.2. The maximum Gasteiger partial charge on any atom is 0.167 e. The number of ether oxygens (including phenoxy) is 1. The highest BCUT2D eigenvalue weighted by Gasteiger charge is 2.19. The number of methoxy groups -OCH3 is 1. The van der Waals surface area contributed by atoms with Crippen LogP contribution in [0.15, 0.2) is 42.7 Å². The van der Waals surface area contributed by atoms with Crippen LogP contribution in [0.5, 0.6) is 5.75 Å². The molecule has 0 spiro atoms. The molecule has 0 radical (unpaired) electrons. The molecule has 0 aliphatic carbocycles. The van der Waals surface area contributed by atoms with Crippen molar-refractivity contribution in [1.29, 1.82) is 0 Å². The maximum atomic E-state index is 13.1. The lowest BCUT2D eigenvalue weighted by Crippen LogP contribution is -2.33. The number of piperidine rings is 1. The van der Waals surface area contributed by atoms with E-state index in [9.17, 15) is 4.79 Å². The van der Waals surface area contributed by atoms with Gasteiger partial charge in [-0.2, -0.15) is 0 Å². The molecule has 3 heterocycles. The highest BCUT2D eigenvalue weighted by atomic mass is 16.5. The summed E-state index contributed by atoms with van der Waals surface area (Å²) in [6.07, 6.45) is 6.72. The van der Waals surface area contributed by atoms with Crippen molar-refractivity contribution in [3.8, 4) is 5.75 Å². The molecule has 7 nitrogen and oxygen atoms in total. The number of likely N-dealkylation sites (tertiary alicyclic amines) is 1. The van der Waals surface area contributed by atoms with Crippen LogP contribution in [0.1, 0.15) is 35.2 Å². The zero-order valence-electron chi connectivity index (χ0n) is 18.8. The number of carbonyl (C=O) groups excluding carboxylic acids is 1. The normalized spacial score (nSPS) is 15.1. The Kier molecular flexibility index (Phi) is 6.85. The number of aromatic nitrogens is 2. The van der Waals surface area contributed by atoms with Crippen LogP contribution in [-0.4, -0.2) is 54.4 Å². The smallest absolute Gasteiger partial charge is 0.167 e. The molecular formula is C25H31N5O2. The Morgan fingerprint density at radius 2 is 2.03 bits per heavy atom. The van der Waals surface area contributed by atoms with Crippen LogP contribution in [-0.2, 0) is 6.42 Å². The lowest BCUT2D eigenvalue weighted by Gasteiger charge is -2.29. The van der Waals surface area contributed by atoms with Gasteiger partial charge in [-0.25, -0.2) is 9.97 Å². The number of nitrogens with zero attached hydrogens (tertiary/aromatic N) is 3. The second-order valence-electron chi connectivity index (χ2n) is 8.57. The standard InChI is InChI=1S/C25H31N5O2/c1-30-11-8-18(9-12-30)15-28-25-22(14-20(32-2)16-29-25)23(31)6-4-17-3-5-21-19(13-17)7-10-27-24(21)26/h3,5,7,10,13-14,16,18H,4,6,8-9,11-12,15H2,1-2H3,(H2,26,27)(H,28,29). The molecule has 0 amide bonds. The molecule has 1 saturated heterocycles. The summed E-state index contributed by atoms with van der Waals surface area (Å²) in [7, 11) is 3.75. The number of anilines is 2. The van der Waals surface area contributed by atoms with Gasteiger partial charge in [0, 0.05) is 24.5 Å². The predicted molar refractivity (Wildman–Crippen MR) is 128 cm³/mol. The summed E-state index contributed by atoms with van der Waals surface area (Å²) in [6, 6.07) is 9.78. The third-order valence-electron chi connectivity index (χ3n) is 6.30. The van der Waals surface area contributed by atoms with Crippen LogP contribution >= 0.6 is 0 Å². The van der Waals surface area contributed by atoms with Gasteiger partial charge < -0.3 is 20.7 Å². The van der Waals surface area contributed by atoms with Gasteiger partial charge in [-0.1, -0.05) is 18.2 Å². The number of hydrogen-bond donors (Lipinski definition) is 2. The SMILES string of the molecule is COc1cnc(NCC2CCN(C)CC2)c(C(=O)CCc2ccc3c(N)nccc3c2)c1. The van der Waals surface area contributed by atoms with Crippen LogP contribution < -0.4 is 15.8 Å². The third kappa shape index (κ3) is 5.16. The van der Waals surface area contributed by atoms with Crippen molar-refractivity contribution in [2.75, 3.05) is 44.8 Å². The summed E-state index contributed by atoms with van der Waals surface area (Å²) in [6.45, 7) is 3.05. The lowest BCUT2D eigenvalue weighted by atomic mass is 9.97. The number of ketones is 1. The molecule has 1 aliphatic rings. The first-order chi connectivity index (χ1) is 15.5. The van der Waals surface area contributed by atoms with E-state index in [2.05, 4.69) is 33.3 Å². The van der Waals surface area contributed by atoms with Crippen molar-refractivity contribution in [3.63, 3.8) is 0 Å². The van der Waals surface area contributed by atoms with E-state index in [4.69, 9.17) is 10.5 Å². The summed E-state index contributed by atoms with van der Waals surface area (Å²) in [5.41, 5.74) is 7.62. The molecule has 3 aromatic rings. The van der Waals surface area contributed by atoms with Crippen LogP contribution in [0.2, 0.25) is 0 Å². The van der Waals surface area contributed by atoms with E-state index in [0.29, 0.717) is 41.7 Å². The molecule has 3 N–H and O–H groups in total. The van der Waals surface area contributed by atoms with Crippen molar-refractivity contribution < 1.29 is 9.53 Å². The number of nitrogen functional groups attached to an aromatic ring is 1. The fourth-order valence-electron chi connectivity index (χ4n) is 4.22. The Balaban J connectivity index is 1.44. The highest BCUT2D eigenvalue weighted by Crippen LogP contribution is 2.25. The van der Waals surface area contributed by atoms with Gasteiger partial charge in [0.15, 0.2) is 5.78 Å². The average molecular weight is 434 g/mol. The van der Waals surface area contributed by atoms with Crippen molar-refractivity contribution in [2.24, 2.45) is 5.92 Å². The van der Waals surface area contributed by atoms with E-state index in [1.165, 1.54) is 0 Å². The Morgan fingerprint density at radius 3 is 2.81 bits per heavy atom. The van der Waals surface area contributed by atoms with E-state index >= 15 is 0 Å². The topological polar surface area (TPSA) is 93.4 Å². The number of rotatable bonds is 8. The molecule has 4 rings (SSSR count). The van der Waals surface area contributed by atoms with Crippen LogP contribution in [0.4, 0.5) is 11.6 Å². The number of carbonyl (C=O) groups is 1. The molecule has 0 atom stereocenters. The second-order valence-corrected chi connectivity index (χ2v) is 8.57. The van der Waals surface area contributed by atoms with Gasteiger partial charge in [0.1, 0.15) is 17.4 Å². The fourth-order valence-corrected chi connectivity index (χ4v) is 4.22. The largest absolute Gasteiger partial charge is 0.495 e. The first-order valence-corrected chi connectivity index (χ1v) is 11.2. The molecule has 0 unspecified atom stereocenters. The molecule has 1 aromatic carbocycles. The van der Waals surface area contributed by atoms with Gasteiger partial charge in [-0.05, 0) is 68.4 Å². The monoisotopic (exact) mass is 433 g/mol. The van der Waals surface area contributed by atoms with Gasteiger partial charge >= 0.3 is 0 Å². The molecule has 0 saturated carbocycles. The Hall–Kier alpha value is -3.19. The summed E-state index contributed by atoms with van der Waals surface area (Å²) < 4.78 is 5.32. The molecule has 1 aliphatic heterocycles. The van der Waals surface area contributed by atoms with Crippen LogP contribution in [0, 0.1) is 5.92 Å². The molecule has 2 aromatic heterocycles. The Morgan fingerprint density at radius 1 is 1.22 bits per heavy atom. The minimum absolute atomic E-state index is 0.0524. The number of pyridine rings is 2. The summed E-state index contributed by atoms with van der Waals surface area (Å²) in [5, 5.41) is 5.40. The van der Waals surface area contributed by atoms with Crippen molar-refractivity contribution >= 4 is 28.2 Å². The number of fused-ring (bicyclic) bond motifs is 1. The summed E-state index contributed by atoms with van der Waals surface area (Å²) >= 11 is 0. The molecule has 168 valence electrons. The van der Waals surface area contributed by atoms with Gasteiger partial charge in [-0.3, -0.25) is 4.79 Å². The summed E-state index contributed by atoms with van der Waals surface area (Å²) in [5.74, 6) is 2.40. The number of hydrogen-bond acceptors (Lipinski definition) is 7. The average Bonchev–Trinajstić information content (AvgIpc) is 2.82. The minimum Gasteiger partial charge on any atom is -0.495 e. The Labute approximate surface area is 189 Å². The van der Waals surface area contributed by atoms with E-state index in [-0.39, 0.29) is 5.78 Å². The minimum atomic E-state index is 0.0524. The van der Waals surface area contributed by atoms with Gasteiger partial charge in [0.05, 0.1) is 18.9 Å². The number of Topliss-reactive ketones (excluding diaryl/α,β-unsaturated/α-hetero) is 1. The van der Waals surface area contributed by atoms with E-state index in [0.717, 1.165) is 48.8 Å². The molecular weight excluding hydrogens is 402 g/mol. The third-order valence-corrected chi connectivity index (χ3v) is 6.30. The second kappa shape index (κ2) is 9.96. The van der Waals surface area contributed by atoms with Gasteiger partial charge in [0.25, 0.3) is 0 Å². The molecule has 7 heteroatoms. The lowest BCUT2D eigenvalue weighted by molar-refractivity contribution is 0.0983. The number of nitrogens with two attached hydrogens (primary N) is 1. The van der Waals surface area contributed by atoms with E-state index in [1.807, 2.05) is 18.2 Å². The highest BCUT2D eigenvalue weighted by molar-refractivity contribution is 6.01. The fraction of sp³-hybridized carbons (Fsp3) is 0.400. The van der Waals surface area contributed by atoms with Crippen molar-refractivity contribution in [1.82, 2.24) is 14.9 Å². The van der Waals surface area contributed by atoms with Gasteiger partial charge in [0.2, 0.25) is 0 Å². The van der Waals surface area contributed by atoms with Crippen molar-refractivity contribution in [3.05, 3.63) is 53.9 Å². The first kappa shape index (κ1) is 22.0. The molecule has 1 fully saturated rings. The van der Waals surface area contributed by atoms with E-state index in [1.54, 1.807) is 25.6 Å². The summed E-state index contributed by atoms with van der Waals surface area (Å²) in [4.78, 5) is 24.1. The Bertz CT molecular complexity index is 1090. The number of benzene rings is 1. The molecule has 0 bridgehead atoms. The van der Waals surface area contributed by atoms with Gasteiger partial charge in [-0.15, -0.1) is 0 Å². The van der Waals surface area contributed by atoms with E-state index < -0.39 is 0 Å².